The third-order valence-electron chi connectivity index (χ3n) is 3.68. The molecule has 0 amide bonds. The molecule has 1 N–H and O–H groups in total. The third kappa shape index (κ3) is 8.23. The highest BCUT2D eigenvalue weighted by molar-refractivity contribution is 9.11. The largest absolute Gasteiger partial charge is 0.488 e. The van der Waals surface area contributed by atoms with Crippen molar-refractivity contribution in [3.05, 3.63) is 73.6 Å². The van der Waals surface area contributed by atoms with Gasteiger partial charge in [0.2, 0.25) is 0 Å². The number of benzene rings is 2. The summed E-state index contributed by atoms with van der Waals surface area (Å²) in [5.74, 6) is 5.52. The van der Waals surface area contributed by atoms with E-state index in [1.807, 2.05) is 18.2 Å². The molecule has 1 atom stereocenters. The van der Waals surface area contributed by atoms with Crippen LogP contribution in [-0.4, -0.2) is 30.4 Å². The Labute approximate surface area is 192 Å². The van der Waals surface area contributed by atoms with Gasteiger partial charge in [-0.3, -0.25) is 0 Å². The predicted octanol–water partition coefficient (Wildman–Crippen LogP) is 5.88. The Hall–Kier alpha value is -1.78. The molecule has 0 fully saturated rings. The Bertz CT molecular complexity index is 927. The van der Waals surface area contributed by atoms with E-state index in [-0.39, 0.29) is 6.42 Å². The summed E-state index contributed by atoms with van der Waals surface area (Å²) in [7, 11) is 0. The fourth-order valence-corrected chi connectivity index (χ4v) is 3.97. The first-order valence-corrected chi connectivity index (χ1v) is 10.7. The van der Waals surface area contributed by atoms with Gasteiger partial charge in [-0.15, -0.1) is 0 Å². The van der Waals surface area contributed by atoms with Gasteiger partial charge in [-0.2, -0.15) is 0 Å². The van der Waals surface area contributed by atoms with Crippen molar-refractivity contribution in [1.29, 1.82) is 0 Å². The van der Waals surface area contributed by atoms with Crippen LogP contribution in [0.5, 0.6) is 5.75 Å². The van der Waals surface area contributed by atoms with Crippen LogP contribution in [0.15, 0.2) is 57.5 Å². The van der Waals surface area contributed by atoms with Crippen LogP contribution < -0.4 is 4.74 Å². The van der Waals surface area contributed by atoms with Crippen molar-refractivity contribution >= 4 is 49.4 Å². The maximum absolute atomic E-state index is 11.2. The van der Waals surface area contributed by atoms with Crippen LogP contribution in [0.1, 0.15) is 18.1 Å². The average Bonchev–Trinajstić information content (AvgIpc) is 2.64. The molecular formula is C22H19Br2ClO4. The van der Waals surface area contributed by atoms with E-state index in [9.17, 15) is 9.90 Å². The van der Waals surface area contributed by atoms with Crippen molar-refractivity contribution in [1.82, 2.24) is 0 Å². The first-order chi connectivity index (χ1) is 13.9. The lowest BCUT2D eigenvalue weighted by Gasteiger charge is -2.13. The molecular weight excluding hydrogens is 523 g/mol. The van der Waals surface area contributed by atoms with E-state index in [1.54, 1.807) is 37.3 Å². The second-order valence-corrected chi connectivity index (χ2v) is 8.13. The number of allylic oxidation sites excluding steroid dienone is 1. The molecule has 7 heteroatoms. The minimum Gasteiger partial charge on any atom is -0.488 e. The van der Waals surface area contributed by atoms with E-state index in [1.165, 1.54) is 0 Å². The number of halogens is 3. The topological polar surface area (TPSA) is 55.8 Å². The molecule has 0 aromatic heterocycles. The van der Waals surface area contributed by atoms with Gasteiger partial charge in [-0.05, 0) is 55.0 Å². The summed E-state index contributed by atoms with van der Waals surface area (Å²) < 4.78 is 12.8. The fraction of sp³-hybridized carbons (Fsp3) is 0.227. The molecule has 0 bridgehead atoms. The van der Waals surface area contributed by atoms with Gasteiger partial charge in [-0.25, -0.2) is 4.79 Å². The van der Waals surface area contributed by atoms with E-state index >= 15 is 0 Å². The SMILES string of the molecule is CCO[C@@H](Cc1ccc(OC/C=C\C#Cc2cc(Br)cc(Br)c2)c(Cl)c1)C(=O)O. The minimum absolute atomic E-state index is 0.240. The lowest BCUT2D eigenvalue weighted by atomic mass is 10.1. The lowest BCUT2D eigenvalue weighted by Crippen LogP contribution is -2.26. The number of hydrogen-bond donors (Lipinski definition) is 1. The highest BCUT2D eigenvalue weighted by Crippen LogP contribution is 2.26. The first-order valence-electron chi connectivity index (χ1n) is 8.77. The number of carboxylic acid groups (broad SMARTS) is 1. The summed E-state index contributed by atoms with van der Waals surface area (Å²) in [6.07, 6.45) is 2.86. The number of carbonyl (C=O) groups is 1. The van der Waals surface area contributed by atoms with Gasteiger partial charge in [0.05, 0.1) is 5.02 Å². The van der Waals surface area contributed by atoms with E-state index in [0.29, 0.717) is 24.0 Å². The Kier molecular flexibility index (Phi) is 9.75. The average molecular weight is 543 g/mol. The van der Waals surface area contributed by atoms with Crippen molar-refractivity contribution in [3.8, 4) is 17.6 Å². The zero-order chi connectivity index (χ0) is 21.2. The third-order valence-corrected chi connectivity index (χ3v) is 4.89. The normalized spacial score (nSPS) is 11.7. The second-order valence-electron chi connectivity index (χ2n) is 5.89. The van der Waals surface area contributed by atoms with Gasteiger partial charge in [0.1, 0.15) is 12.4 Å². The standard InChI is InChI=1S/C22H19Br2ClO4/c1-2-28-21(22(26)27)13-16-7-8-20(19(25)12-16)29-9-5-3-4-6-15-10-17(23)14-18(24)11-15/h3,5,7-8,10-12,14,21H,2,9,13H2,1H3,(H,26,27)/b5-3-/t21-/m0/s1. The monoisotopic (exact) mass is 540 g/mol. The molecule has 0 spiro atoms. The van der Waals surface area contributed by atoms with E-state index in [0.717, 1.165) is 20.1 Å². The summed E-state index contributed by atoms with van der Waals surface area (Å²) in [5.41, 5.74) is 1.66. The van der Waals surface area contributed by atoms with Gasteiger partial charge in [0.15, 0.2) is 6.10 Å². The molecule has 0 radical (unpaired) electrons. The van der Waals surface area contributed by atoms with Crippen LogP contribution >= 0.6 is 43.5 Å². The molecule has 2 aromatic carbocycles. The zero-order valence-corrected chi connectivity index (χ0v) is 19.6. The summed E-state index contributed by atoms with van der Waals surface area (Å²) >= 11 is 13.1. The van der Waals surface area contributed by atoms with E-state index in [2.05, 4.69) is 43.7 Å². The zero-order valence-electron chi connectivity index (χ0n) is 15.6. The highest BCUT2D eigenvalue weighted by atomic mass is 79.9. The van der Waals surface area contributed by atoms with Crippen molar-refractivity contribution in [3.63, 3.8) is 0 Å². The van der Waals surface area contributed by atoms with Crippen molar-refractivity contribution in [2.75, 3.05) is 13.2 Å². The van der Waals surface area contributed by atoms with Gasteiger partial charge >= 0.3 is 5.97 Å². The van der Waals surface area contributed by atoms with Gasteiger partial charge < -0.3 is 14.6 Å². The van der Waals surface area contributed by atoms with Crippen molar-refractivity contribution in [2.24, 2.45) is 0 Å². The fourth-order valence-electron chi connectivity index (χ4n) is 2.42. The van der Waals surface area contributed by atoms with E-state index in [4.69, 9.17) is 21.1 Å². The predicted molar refractivity (Wildman–Crippen MR) is 122 cm³/mol. The number of aliphatic carboxylic acids is 1. The van der Waals surface area contributed by atoms with Crippen LogP contribution in [-0.2, 0) is 16.0 Å². The Morgan fingerprint density at radius 1 is 1.24 bits per heavy atom. The molecule has 0 heterocycles. The molecule has 0 aliphatic heterocycles. The van der Waals surface area contributed by atoms with Gasteiger partial charge in [0, 0.05) is 27.5 Å². The van der Waals surface area contributed by atoms with E-state index < -0.39 is 12.1 Å². The summed E-state index contributed by atoms with van der Waals surface area (Å²) in [6.45, 7) is 2.40. The van der Waals surface area contributed by atoms with Crippen molar-refractivity contribution < 1.29 is 19.4 Å². The molecule has 4 nitrogen and oxygen atoms in total. The number of ether oxygens (including phenoxy) is 2. The molecule has 2 rings (SSSR count). The Morgan fingerprint density at radius 3 is 2.59 bits per heavy atom. The molecule has 0 saturated carbocycles. The maximum Gasteiger partial charge on any atom is 0.333 e. The Morgan fingerprint density at radius 2 is 1.97 bits per heavy atom. The number of rotatable bonds is 8. The molecule has 0 aliphatic carbocycles. The van der Waals surface area contributed by atoms with Crippen LogP contribution in [0.3, 0.4) is 0 Å². The summed E-state index contributed by atoms with van der Waals surface area (Å²) in [4.78, 5) is 11.2. The Balaban J connectivity index is 1.90. The van der Waals surface area contributed by atoms with Crippen LogP contribution in [0.4, 0.5) is 0 Å². The molecule has 0 saturated heterocycles. The van der Waals surface area contributed by atoms with Crippen LogP contribution in [0.25, 0.3) is 0 Å². The quantitative estimate of drug-likeness (QED) is 0.423. The second kappa shape index (κ2) is 12.0. The smallest absolute Gasteiger partial charge is 0.333 e. The number of hydrogen-bond acceptors (Lipinski definition) is 3. The molecule has 29 heavy (non-hydrogen) atoms. The summed E-state index contributed by atoms with van der Waals surface area (Å²) in [6, 6.07) is 11.0. The highest BCUT2D eigenvalue weighted by Gasteiger charge is 2.18. The van der Waals surface area contributed by atoms with Crippen molar-refractivity contribution in [2.45, 2.75) is 19.4 Å². The van der Waals surface area contributed by atoms with Gasteiger partial charge in [-0.1, -0.05) is 61.4 Å². The maximum atomic E-state index is 11.2. The minimum atomic E-state index is -0.996. The van der Waals surface area contributed by atoms with Crippen LogP contribution in [0.2, 0.25) is 5.02 Å². The number of carboxylic acids is 1. The summed E-state index contributed by atoms with van der Waals surface area (Å²) in [5, 5.41) is 9.59. The molecule has 0 aliphatic rings. The molecule has 152 valence electrons. The molecule has 2 aromatic rings. The first kappa shape index (κ1) is 23.5. The lowest BCUT2D eigenvalue weighted by molar-refractivity contribution is -0.149. The molecule has 0 unspecified atom stereocenters. The van der Waals surface area contributed by atoms with Gasteiger partial charge in [0.25, 0.3) is 0 Å². The van der Waals surface area contributed by atoms with Crippen LogP contribution in [0, 0.1) is 11.8 Å².